The number of β-amino-alcohol motifs (C(OH)–C–C–N with tert-alkyl or cyclic N) is 1. The zero-order chi connectivity index (χ0) is 18.5. The lowest BCUT2D eigenvalue weighted by Gasteiger charge is -2.32. The van der Waals surface area contributed by atoms with Gasteiger partial charge in [0.15, 0.2) is 0 Å². The Labute approximate surface area is 149 Å². The fourth-order valence-corrected chi connectivity index (χ4v) is 3.11. The first kappa shape index (κ1) is 18.2. The molecule has 3 rings (SSSR count). The number of nitro benzene ring substituents is 1. The van der Waals surface area contributed by atoms with Crippen molar-refractivity contribution in [3.8, 4) is 11.3 Å². The number of nitro groups is 1. The highest BCUT2D eigenvalue weighted by Crippen LogP contribution is 2.30. The number of nitrogens with zero attached hydrogens (tertiary/aromatic N) is 4. The number of aliphatic hydroxyl groups excluding tert-OH is 1. The highest BCUT2D eigenvalue weighted by Gasteiger charge is 2.21. The van der Waals surface area contributed by atoms with Gasteiger partial charge in [-0.1, -0.05) is 0 Å². The maximum atomic E-state index is 13.3. The molecule has 0 spiro atoms. The molecule has 9 heteroatoms. The molecular weight excluding hydrogens is 341 g/mol. The summed E-state index contributed by atoms with van der Waals surface area (Å²) in [6, 6.07) is 5.29. The van der Waals surface area contributed by atoms with E-state index in [-0.39, 0.29) is 23.9 Å². The highest BCUT2D eigenvalue weighted by molar-refractivity contribution is 5.72. The molecule has 0 atom stereocenters. The highest BCUT2D eigenvalue weighted by atomic mass is 19.1. The van der Waals surface area contributed by atoms with Crippen LogP contribution in [0.5, 0.6) is 0 Å². The zero-order valence-electron chi connectivity index (χ0n) is 14.1. The molecule has 1 saturated heterocycles. The lowest BCUT2D eigenvalue weighted by Crippen LogP contribution is -2.40. The molecule has 1 aromatic carbocycles. The van der Waals surface area contributed by atoms with E-state index in [0.29, 0.717) is 18.1 Å². The Morgan fingerprint density at radius 2 is 2.08 bits per heavy atom. The number of nitrogens with one attached hydrogen (secondary N) is 1. The summed E-state index contributed by atoms with van der Waals surface area (Å²) in [7, 11) is 0. The smallest absolute Gasteiger partial charge is 0.281 e. The van der Waals surface area contributed by atoms with Crippen LogP contribution in [-0.4, -0.2) is 57.2 Å². The van der Waals surface area contributed by atoms with Gasteiger partial charge in [0, 0.05) is 31.7 Å². The lowest BCUT2D eigenvalue weighted by molar-refractivity contribution is -0.384. The van der Waals surface area contributed by atoms with Gasteiger partial charge in [-0.05, 0) is 25.0 Å². The van der Waals surface area contributed by atoms with Gasteiger partial charge in [0.05, 0.1) is 28.9 Å². The third kappa shape index (κ3) is 4.30. The summed E-state index contributed by atoms with van der Waals surface area (Å²) in [5.74, 6) is -0.0864. The van der Waals surface area contributed by atoms with Crippen LogP contribution in [-0.2, 0) is 0 Å². The first-order chi connectivity index (χ1) is 12.6. The summed E-state index contributed by atoms with van der Waals surface area (Å²) in [6.07, 6.45) is 3.16. The van der Waals surface area contributed by atoms with Crippen LogP contribution >= 0.6 is 0 Å². The predicted molar refractivity (Wildman–Crippen MR) is 94.3 cm³/mol. The monoisotopic (exact) mass is 361 g/mol. The summed E-state index contributed by atoms with van der Waals surface area (Å²) in [6.45, 7) is 2.61. The zero-order valence-corrected chi connectivity index (χ0v) is 14.1. The molecule has 1 aromatic heterocycles. The van der Waals surface area contributed by atoms with Gasteiger partial charge in [-0.2, -0.15) is 0 Å². The second-order valence-corrected chi connectivity index (χ2v) is 6.19. The van der Waals surface area contributed by atoms with Gasteiger partial charge >= 0.3 is 0 Å². The molecule has 0 radical (unpaired) electrons. The van der Waals surface area contributed by atoms with Crippen LogP contribution in [0.1, 0.15) is 12.8 Å². The Morgan fingerprint density at radius 3 is 2.77 bits per heavy atom. The van der Waals surface area contributed by atoms with Crippen LogP contribution in [0, 0.1) is 15.9 Å². The third-order valence-corrected chi connectivity index (χ3v) is 4.46. The molecule has 0 amide bonds. The minimum absolute atomic E-state index is 0.157. The van der Waals surface area contributed by atoms with E-state index in [2.05, 4.69) is 20.2 Å². The molecule has 0 saturated carbocycles. The maximum Gasteiger partial charge on any atom is 0.281 e. The van der Waals surface area contributed by atoms with Crippen molar-refractivity contribution in [2.24, 2.45) is 0 Å². The molecular formula is C17H20FN5O3. The number of aromatic nitrogens is 2. The van der Waals surface area contributed by atoms with Crippen molar-refractivity contribution in [3.63, 3.8) is 0 Å². The maximum absolute atomic E-state index is 13.3. The first-order valence-corrected chi connectivity index (χ1v) is 8.43. The Bertz CT molecular complexity index is 781. The molecule has 8 nitrogen and oxygen atoms in total. The minimum Gasteiger partial charge on any atom is -0.395 e. The second kappa shape index (κ2) is 8.15. The van der Waals surface area contributed by atoms with Crippen molar-refractivity contribution in [3.05, 3.63) is 46.5 Å². The van der Waals surface area contributed by atoms with E-state index in [9.17, 15) is 14.5 Å². The van der Waals surface area contributed by atoms with Crippen molar-refractivity contribution < 1.29 is 14.4 Å². The number of benzene rings is 1. The average molecular weight is 361 g/mol. The van der Waals surface area contributed by atoms with E-state index in [1.165, 1.54) is 18.5 Å². The molecule has 138 valence electrons. The average Bonchev–Trinajstić information content (AvgIpc) is 2.64. The summed E-state index contributed by atoms with van der Waals surface area (Å²) in [4.78, 5) is 21.1. The van der Waals surface area contributed by atoms with Gasteiger partial charge in [0.1, 0.15) is 18.0 Å². The van der Waals surface area contributed by atoms with E-state index < -0.39 is 10.7 Å². The number of halogens is 1. The predicted octanol–water partition coefficient (Wildman–Crippen LogP) is 2.06. The molecule has 1 aliphatic heterocycles. The number of hydrogen-bond donors (Lipinski definition) is 2. The van der Waals surface area contributed by atoms with Gasteiger partial charge < -0.3 is 15.3 Å². The van der Waals surface area contributed by atoms with Crippen molar-refractivity contribution in [1.29, 1.82) is 0 Å². The summed E-state index contributed by atoms with van der Waals surface area (Å²) in [5.41, 5.74) is 0.290. The third-order valence-electron chi connectivity index (χ3n) is 4.46. The summed E-state index contributed by atoms with van der Waals surface area (Å²) < 4.78 is 13.3. The van der Waals surface area contributed by atoms with E-state index in [0.717, 1.165) is 32.0 Å². The number of likely N-dealkylation sites (tertiary alicyclic amines) is 1. The van der Waals surface area contributed by atoms with Crippen LogP contribution in [0.15, 0.2) is 30.6 Å². The van der Waals surface area contributed by atoms with Crippen molar-refractivity contribution in [2.45, 2.75) is 18.9 Å². The molecule has 2 aromatic rings. The van der Waals surface area contributed by atoms with Crippen molar-refractivity contribution in [1.82, 2.24) is 14.9 Å². The van der Waals surface area contributed by atoms with Gasteiger partial charge in [0.2, 0.25) is 0 Å². The molecule has 2 N–H and O–H groups in total. The molecule has 1 fully saturated rings. The number of rotatable bonds is 6. The van der Waals surface area contributed by atoms with Gasteiger partial charge in [-0.25, -0.2) is 14.4 Å². The number of hydrogen-bond acceptors (Lipinski definition) is 7. The van der Waals surface area contributed by atoms with Gasteiger partial charge in [-0.15, -0.1) is 0 Å². The Kier molecular flexibility index (Phi) is 5.69. The quantitative estimate of drug-likeness (QED) is 0.599. The SMILES string of the molecule is O=[N+]([O-])c1cc(F)ccc1-c1cc(NC2CCN(CCO)CC2)ncn1. The van der Waals surface area contributed by atoms with Crippen LogP contribution in [0.2, 0.25) is 0 Å². The van der Waals surface area contributed by atoms with E-state index in [4.69, 9.17) is 5.11 Å². The van der Waals surface area contributed by atoms with Gasteiger partial charge in [-0.3, -0.25) is 10.1 Å². The molecule has 0 unspecified atom stereocenters. The first-order valence-electron chi connectivity index (χ1n) is 8.43. The normalized spacial score (nSPS) is 15.8. The van der Waals surface area contributed by atoms with Gasteiger partial charge in [0.25, 0.3) is 5.69 Å². The number of aliphatic hydroxyl groups is 1. The molecule has 0 aliphatic carbocycles. The van der Waals surface area contributed by atoms with Crippen molar-refractivity contribution in [2.75, 3.05) is 31.6 Å². The van der Waals surface area contributed by atoms with E-state index in [1.807, 2.05) is 0 Å². The largest absolute Gasteiger partial charge is 0.395 e. The van der Waals surface area contributed by atoms with Crippen LogP contribution < -0.4 is 5.32 Å². The standard InChI is InChI=1S/C17H20FN5O3/c18-12-1-2-14(16(9-12)23(25)26)15-10-17(20-11-19-15)21-13-3-5-22(6-4-13)7-8-24/h1-2,9-11,13,24H,3-8H2,(H,19,20,21). The number of piperidine rings is 1. The summed E-state index contributed by atoms with van der Waals surface area (Å²) in [5, 5.41) is 23.5. The topological polar surface area (TPSA) is 104 Å². The molecule has 1 aliphatic rings. The number of anilines is 1. The van der Waals surface area contributed by atoms with Crippen LogP contribution in [0.3, 0.4) is 0 Å². The lowest BCUT2D eigenvalue weighted by atomic mass is 10.0. The van der Waals surface area contributed by atoms with Crippen LogP contribution in [0.4, 0.5) is 15.9 Å². The van der Waals surface area contributed by atoms with E-state index >= 15 is 0 Å². The van der Waals surface area contributed by atoms with Crippen molar-refractivity contribution >= 4 is 11.5 Å². The summed E-state index contributed by atoms with van der Waals surface area (Å²) >= 11 is 0. The Hall–Kier alpha value is -2.65. The molecule has 2 heterocycles. The Balaban J connectivity index is 1.75. The molecule has 0 bridgehead atoms. The van der Waals surface area contributed by atoms with E-state index in [1.54, 1.807) is 6.07 Å². The van der Waals surface area contributed by atoms with Crippen LogP contribution in [0.25, 0.3) is 11.3 Å². The Morgan fingerprint density at radius 1 is 1.31 bits per heavy atom. The second-order valence-electron chi connectivity index (χ2n) is 6.19. The molecule has 26 heavy (non-hydrogen) atoms. The minimum atomic E-state index is -0.664. The fourth-order valence-electron chi connectivity index (χ4n) is 3.11. The fraction of sp³-hybridized carbons (Fsp3) is 0.412.